The third kappa shape index (κ3) is 3.47. The van der Waals surface area contributed by atoms with E-state index >= 15 is 0 Å². The number of esters is 1. The molecule has 0 saturated heterocycles. The molecule has 1 aliphatic carbocycles. The number of nitrogens with zero attached hydrogens (tertiary/aromatic N) is 2. The van der Waals surface area contributed by atoms with Gasteiger partial charge in [-0.25, -0.2) is 9.78 Å². The number of hydrogen-bond acceptors (Lipinski definition) is 6. The number of hydrogen-bond donors (Lipinski definition) is 2. The predicted molar refractivity (Wildman–Crippen MR) is 80.6 cm³/mol. The molecule has 1 aliphatic rings. The summed E-state index contributed by atoms with van der Waals surface area (Å²) in [6, 6.07) is 0. The van der Waals surface area contributed by atoms with Crippen molar-refractivity contribution in [2.24, 2.45) is 11.7 Å². The van der Waals surface area contributed by atoms with Crippen LogP contribution in [0.15, 0.2) is 4.79 Å². The first kappa shape index (κ1) is 16.5. The second-order valence-corrected chi connectivity index (χ2v) is 5.57. The topological polar surface area (TPSA) is 107 Å². The van der Waals surface area contributed by atoms with Crippen molar-refractivity contribution >= 4 is 5.97 Å². The zero-order valence-corrected chi connectivity index (χ0v) is 12.9. The molecule has 0 aromatic carbocycles. The Bertz CT molecular complexity index is 591. The van der Waals surface area contributed by atoms with Crippen LogP contribution in [0, 0.1) is 5.92 Å². The first-order valence-electron chi connectivity index (χ1n) is 7.78. The number of carbonyl (C=O) groups excluding carboxylic acids is 1. The molecule has 0 bridgehead atoms. The van der Waals surface area contributed by atoms with E-state index < -0.39 is 17.3 Å². The summed E-state index contributed by atoms with van der Waals surface area (Å²) < 4.78 is 6.20. The van der Waals surface area contributed by atoms with Gasteiger partial charge < -0.3 is 15.6 Å². The van der Waals surface area contributed by atoms with E-state index in [4.69, 9.17) is 10.5 Å². The number of rotatable bonds is 5. The van der Waals surface area contributed by atoms with Crippen molar-refractivity contribution < 1.29 is 14.6 Å². The zero-order valence-electron chi connectivity index (χ0n) is 12.9. The van der Waals surface area contributed by atoms with Crippen molar-refractivity contribution in [1.82, 2.24) is 9.55 Å². The minimum Gasteiger partial charge on any atom is -0.501 e. The summed E-state index contributed by atoms with van der Waals surface area (Å²) in [7, 11) is 0. The molecular formula is C15H23N3O4. The van der Waals surface area contributed by atoms with Gasteiger partial charge in [-0.1, -0.05) is 19.3 Å². The molecule has 1 aromatic rings. The average molecular weight is 309 g/mol. The minimum atomic E-state index is -0.809. The van der Waals surface area contributed by atoms with E-state index in [1.807, 2.05) is 0 Å². The highest BCUT2D eigenvalue weighted by Crippen LogP contribution is 2.25. The minimum absolute atomic E-state index is 0.0225. The first-order chi connectivity index (χ1) is 10.6. The molecule has 1 fully saturated rings. The number of ether oxygens (including phenoxy) is 1. The van der Waals surface area contributed by atoms with Crippen molar-refractivity contribution in [2.45, 2.75) is 52.1 Å². The molecule has 7 heteroatoms. The molecule has 7 nitrogen and oxygen atoms in total. The van der Waals surface area contributed by atoms with Gasteiger partial charge in [-0.15, -0.1) is 0 Å². The summed E-state index contributed by atoms with van der Waals surface area (Å²) in [6.07, 6.45) is 5.63. The molecule has 1 heterocycles. The first-order valence-corrected chi connectivity index (χ1v) is 7.78. The fourth-order valence-electron chi connectivity index (χ4n) is 2.90. The van der Waals surface area contributed by atoms with Crippen molar-refractivity contribution in [2.75, 3.05) is 6.61 Å². The van der Waals surface area contributed by atoms with Crippen LogP contribution in [-0.2, 0) is 17.8 Å². The second kappa shape index (κ2) is 7.40. The van der Waals surface area contributed by atoms with Gasteiger partial charge in [0.2, 0.25) is 5.75 Å². The third-order valence-electron chi connectivity index (χ3n) is 4.04. The van der Waals surface area contributed by atoms with Gasteiger partial charge in [0.1, 0.15) is 5.82 Å². The molecule has 0 spiro atoms. The van der Waals surface area contributed by atoms with Gasteiger partial charge in [0.15, 0.2) is 5.69 Å². The van der Waals surface area contributed by atoms with Crippen LogP contribution in [0.3, 0.4) is 0 Å². The molecule has 1 aromatic heterocycles. The monoisotopic (exact) mass is 309 g/mol. The van der Waals surface area contributed by atoms with E-state index in [0.29, 0.717) is 18.3 Å². The molecule has 0 radical (unpaired) electrons. The third-order valence-corrected chi connectivity index (χ3v) is 4.04. The van der Waals surface area contributed by atoms with Crippen LogP contribution in [0.25, 0.3) is 0 Å². The molecule has 122 valence electrons. The zero-order chi connectivity index (χ0) is 16.1. The van der Waals surface area contributed by atoms with Gasteiger partial charge in [-0.05, 0) is 25.7 Å². The summed E-state index contributed by atoms with van der Waals surface area (Å²) >= 11 is 0. The number of nitrogens with two attached hydrogens (primary N) is 1. The summed E-state index contributed by atoms with van der Waals surface area (Å²) in [4.78, 5) is 28.2. The van der Waals surface area contributed by atoms with Crippen molar-refractivity contribution in [3.05, 3.63) is 21.9 Å². The maximum Gasteiger partial charge on any atom is 0.361 e. The Morgan fingerprint density at radius 2 is 2.09 bits per heavy atom. The van der Waals surface area contributed by atoms with Crippen LogP contribution >= 0.6 is 0 Å². The van der Waals surface area contributed by atoms with Crippen LogP contribution < -0.4 is 11.3 Å². The molecule has 1 saturated carbocycles. The van der Waals surface area contributed by atoms with Gasteiger partial charge >= 0.3 is 5.97 Å². The SMILES string of the molecule is CCOC(=O)c1nc(CN)n(CC2CCCCC2)c(=O)c1O. The van der Waals surface area contributed by atoms with E-state index in [0.717, 1.165) is 25.7 Å². The lowest BCUT2D eigenvalue weighted by molar-refractivity contribution is 0.0514. The van der Waals surface area contributed by atoms with Crippen LogP contribution in [0.4, 0.5) is 0 Å². The quantitative estimate of drug-likeness (QED) is 0.790. The molecule has 0 amide bonds. The predicted octanol–water partition coefficient (Wildman–Crippen LogP) is 1.16. The Balaban J connectivity index is 2.35. The molecule has 0 unspecified atom stereocenters. The highest BCUT2D eigenvalue weighted by Gasteiger charge is 2.23. The van der Waals surface area contributed by atoms with Crippen molar-refractivity contribution in [3.63, 3.8) is 0 Å². The van der Waals surface area contributed by atoms with E-state index in [9.17, 15) is 14.7 Å². The Morgan fingerprint density at radius 3 is 2.68 bits per heavy atom. The Kier molecular flexibility index (Phi) is 5.54. The highest BCUT2D eigenvalue weighted by molar-refractivity contribution is 5.89. The Hall–Kier alpha value is -1.89. The van der Waals surface area contributed by atoms with Crippen LogP contribution in [0.5, 0.6) is 5.75 Å². The lowest BCUT2D eigenvalue weighted by Gasteiger charge is -2.23. The molecule has 0 aliphatic heterocycles. The van der Waals surface area contributed by atoms with E-state index in [-0.39, 0.29) is 18.8 Å². The lowest BCUT2D eigenvalue weighted by Crippen LogP contribution is -2.32. The van der Waals surface area contributed by atoms with Crippen LogP contribution in [0.2, 0.25) is 0 Å². The normalized spacial score (nSPS) is 15.7. The van der Waals surface area contributed by atoms with Gasteiger partial charge in [-0.3, -0.25) is 9.36 Å². The fourth-order valence-corrected chi connectivity index (χ4v) is 2.90. The van der Waals surface area contributed by atoms with Crippen LogP contribution in [0.1, 0.15) is 55.3 Å². The summed E-state index contributed by atoms with van der Waals surface area (Å²) in [5, 5.41) is 9.99. The van der Waals surface area contributed by atoms with Gasteiger partial charge in [-0.2, -0.15) is 0 Å². The lowest BCUT2D eigenvalue weighted by atomic mass is 9.89. The fraction of sp³-hybridized carbons (Fsp3) is 0.667. The largest absolute Gasteiger partial charge is 0.501 e. The van der Waals surface area contributed by atoms with E-state index in [2.05, 4.69) is 4.98 Å². The van der Waals surface area contributed by atoms with Gasteiger partial charge in [0.05, 0.1) is 13.2 Å². The summed E-state index contributed by atoms with van der Waals surface area (Å²) in [5.41, 5.74) is 4.69. The number of aromatic nitrogens is 2. The molecular weight excluding hydrogens is 286 g/mol. The van der Waals surface area contributed by atoms with Crippen molar-refractivity contribution in [3.8, 4) is 5.75 Å². The second-order valence-electron chi connectivity index (χ2n) is 5.57. The molecule has 22 heavy (non-hydrogen) atoms. The van der Waals surface area contributed by atoms with E-state index in [1.165, 1.54) is 11.0 Å². The Morgan fingerprint density at radius 1 is 1.41 bits per heavy atom. The average Bonchev–Trinajstić information content (AvgIpc) is 2.53. The number of aromatic hydroxyl groups is 1. The van der Waals surface area contributed by atoms with Gasteiger partial charge in [0.25, 0.3) is 5.56 Å². The maximum absolute atomic E-state index is 12.4. The molecule has 2 rings (SSSR count). The molecule has 0 atom stereocenters. The Labute approximate surface area is 129 Å². The maximum atomic E-state index is 12.4. The number of carbonyl (C=O) groups is 1. The van der Waals surface area contributed by atoms with E-state index in [1.54, 1.807) is 6.92 Å². The summed E-state index contributed by atoms with van der Waals surface area (Å²) in [6.45, 7) is 2.29. The highest BCUT2D eigenvalue weighted by atomic mass is 16.5. The van der Waals surface area contributed by atoms with Crippen LogP contribution in [-0.4, -0.2) is 27.2 Å². The summed E-state index contributed by atoms with van der Waals surface area (Å²) in [5.74, 6) is -0.786. The standard InChI is InChI=1S/C15H23N3O4/c1-2-22-15(21)12-13(19)14(20)18(11(8-16)17-12)9-10-6-4-3-5-7-10/h10,19H,2-9,16H2,1H3. The van der Waals surface area contributed by atoms with Crippen molar-refractivity contribution in [1.29, 1.82) is 0 Å². The van der Waals surface area contributed by atoms with Gasteiger partial charge in [0, 0.05) is 6.54 Å². The smallest absolute Gasteiger partial charge is 0.361 e. The molecule has 3 N–H and O–H groups in total.